The Bertz CT molecular complexity index is 481. The van der Waals surface area contributed by atoms with Crippen LogP contribution in [0, 0.1) is 10.1 Å². The normalized spacial score (nSPS) is 19.6. The van der Waals surface area contributed by atoms with Gasteiger partial charge >= 0.3 is 0 Å². The molecule has 0 fully saturated rings. The van der Waals surface area contributed by atoms with Crippen LogP contribution in [0.2, 0.25) is 0 Å². The molecule has 82 valence electrons. The molecule has 0 spiro atoms. The average molecular weight is 217 g/mol. The van der Waals surface area contributed by atoms with Crippen molar-refractivity contribution in [1.82, 2.24) is 0 Å². The van der Waals surface area contributed by atoms with Gasteiger partial charge in [0.05, 0.1) is 16.3 Å². The Morgan fingerprint density at radius 2 is 2.19 bits per heavy atom. The number of hydrogen-bond donors (Lipinski definition) is 0. The molecule has 0 aromatic rings. The van der Waals surface area contributed by atoms with Crippen LogP contribution in [-0.2, 0) is 0 Å². The van der Waals surface area contributed by atoms with Crippen LogP contribution in [0.25, 0.3) is 0 Å². The van der Waals surface area contributed by atoms with Gasteiger partial charge in [0, 0.05) is 24.6 Å². The van der Waals surface area contributed by atoms with Gasteiger partial charge in [0.2, 0.25) is 0 Å². The summed E-state index contributed by atoms with van der Waals surface area (Å²) < 4.78 is 0. The average Bonchev–Trinajstić information content (AvgIpc) is 2.50. The fourth-order valence-electron chi connectivity index (χ4n) is 1.63. The largest absolute Gasteiger partial charge is 0.286 e. The van der Waals surface area contributed by atoms with Gasteiger partial charge in [-0.15, -0.1) is 0 Å². The van der Waals surface area contributed by atoms with Crippen molar-refractivity contribution in [3.05, 3.63) is 44.9 Å². The van der Waals surface area contributed by atoms with Gasteiger partial charge in [-0.05, 0) is 13.0 Å². The molecule has 0 unspecified atom stereocenters. The number of nitrogens with zero attached hydrogens (tertiary/aromatic N) is 3. The van der Waals surface area contributed by atoms with E-state index in [1.165, 1.54) is 6.21 Å². The van der Waals surface area contributed by atoms with E-state index < -0.39 is 4.92 Å². The third-order valence-corrected chi connectivity index (χ3v) is 2.51. The molecule has 0 bridgehead atoms. The molecule has 0 radical (unpaired) electrons. The van der Waals surface area contributed by atoms with Crippen LogP contribution in [0.1, 0.15) is 19.8 Å². The van der Waals surface area contributed by atoms with Crippen molar-refractivity contribution >= 4 is 12.4 Å². The Labute approximate surface area is 92.8 Å². The van der Waals surface area contributed by atoms with Crippen molar-refractivity contribution in [2.75, 3.05) is 0 Å². The standard InChI is InChI=1S/C11H11N3O2/c1-8-6-10-9(4-2-3-5-12-10)13-7-11(8)14(15)16/h2-3,5,7H,4,6H2,1H3. The molecule has 0 aliphatic carbocycles. The lowest BCUT2D eigenvalue weighted by molar-refractivity contribution is -0.415. The van der Waals surface area contributed by atoms with Crippen LogP contribution < -0.4 is 0 Å². The van der Waals surface area contributed by atoms with Gasteiger partial charge in [-0.25, -0.2) is 0 Å². The summed E-state index contributed by atoms with van der Waals surface area (Å²) in [4.78, 5) is 18.8. The van der Waals surface area contributed by atoms with Gasteiger partial charge in [0.15, 0.2) is 0 Å². The lowest BCUT2D eigenvalue weighted by Crippen LogP contribution is -2.02. The molecule has 0 saturated carbocycles. The minimum absolute atomic E-state index is 0.0762. The quantitative estimate of drug-likeness (QED) is 0.499. The van der Waals surface area contributed by atoms with E-state index in [1.807, 2.05) is 12.2 Å². The van der Waals surface area contributed by atoms with Crippen molar-refractivity contribution in [3.8, 4) is 0 Å². The van der Waals surface area contributed by atoms with Crippen molar-refractivity contribution < 1.29 is 4.92 Å². The third-order valence-electron chi connectivity index (χ3n) is 2.51. The fourth-order valence-corrected chi connectivity index (χ4v) is 1.63. The molecule has 5 heteroatoms. The first kappa shape index (κ1) is 10.5. The molecule has 0 amide bonds. The van der Waals surface area contributed by atoms with Gasteiger partial charge < -0.3 is 0 Å². The van der Waals surface area contributed by atoms with E-state index in [2.05, 4.69) is 9.98 Å². The van der Waals surface area contributed by atoms with E-state index in [-0.39, 0.29) is 5.70 Å². The second kappa shape index (κ2) is 4.22. The highest BCUT2D eigenvalue weighted by Gasteiger charge is 2.19. The third kappa shape index (κ3) is 1.98. The molecule has 2 aliphatic heterocycles. The Kier molecular flexibility index (Phi) is 2.76. The summed E-state index contributed by atoms with van der Waals surface area (Å²) in [5.41, 5.74) is 2.39. The molecule has 16 heavy (non-hydrogen) atoms. The lowest BCUT2D eigenvalue weighted by Gasteiger charge is -2.02. The van der Waals surface area contributed by atoms with Crippen molar-refractivity contribution in [3.63, 3.8) is 0 Å². The first-order chi connectivity index (χ1) is 7.68. The maximum Gasteiger partial charge on any atom is 0.286 e. The van der Waals surface area contributed by atoms with E-state index in [0.717, 1.165) is 11.4 Å². The highest BCUT2D eigenvalue weighted by Crippen LogP contribution is 2.25. The smallest absolute Gasteiger partial charge is 0.259 e. The Morgan fingerprint density at radius 3 is 2.94 bits per heavy atom. The molecule has 2 heterocycles. The van der Waals surface area contributed by atoms with Crippen LogP contribution >= 0.6 is 0 Å². The second-order valence-electron chi connectivity index (χ2n) is 3.66. The summed E-state index contributed by atoms with van der Waals surface area (Å²) in [6.45, 7) is 1.74. The van der Waals surface area contributed by atoms with Gasteiger partial charge in [-0.2, -0.15) is 0 Å². The molecule has 0 atom stereocenters. The van der Waals surface area contributed by atoms with E-state index in [0.29, 0.717) is 18.4 Å². The van der Waals surface area contributed by atoms with Crippen LogP contribution in [0.5, 0.6) is 0 Å². The Morgan fingerprint density at radius 1 is 1.38 bits per heavy atom. The SMILES string of the molecule is CC1=C([N+](=O)[O-])C=NC2=C(C1)N=CC=CC2. The van der Waals surface area contributed by atoms with Crippen LogP contribution in [-0.4, -0.2) is 17.4 Å². The highest BCUT2D eigenvalue weighted by atomic mass is 16.6. The zero-order valence-electron chi connectivity index (χ0n) is 8.88. The zero-order valence-corrected chi connectivity index (χ0v) is 8.88. The fraction of sp³-hybridized carbons (Fsp3) is 0.273. The minimum Gasteiger partial charge on any atom is -0.259 e. The first-order valence-electron chi connectivity index (χ1n) is 4.98. The zero-order chi connectivity index (χ0) is 11.5. The van der Waals surface area contributed by atoms with Crippen molar-refractivity contribution in [2.24, 2.45) is 9.98 Å². The van der Waals surface area contributed by atoms with Crippen LogP contribution in [0.15, 0.2) is 44.8 Å². The lowest BCUT2D eigenvalue weighted by atomic mass is 10.1. The van der Waals surface area contributed by atoms with Crippen molar-refractivity contribution in [2.45, 2.75) is 19.8 Å². The Hall–Kier alpha value is -2.04. The summed E-state index contributed by atoms with van der Waals surface area (Å²) in [6, 6.07) is 0. The molecule has 0 saturated heterocycles. The molecular formula is C11H11N3O2. The van der Waals surface area contributed by atoms with Crippen molar-refractivity contribution in [1.29, 1.82) is 0 Å². The summed E-state index contributed by atoms with van der Waals surface area (Å²) in [6.07, 6.45) is 7.98. The highest BCUT2D eigenvalue weighted by molar-refractivity contribution is 5.79. The van der Waals surface area contributed by atoms with Crippen LogP contribution in [0.4, 0.5) is 0 Å². The summed E-state index contributed by atoms with van der Waals surface area (Å²) >= 11 is 0. The Balaban J connectivity index is 2.40. The maximum atomic E-state index is 10.8. The van der Waals surface area contributed by atoms with Gasteiger partial charge in [-0.1, -0.05) is 6.08 Å². The second-order valence-corrected chi connectivity index (χ2v) is 3.66. The number of nitro groups is 1. The predicted octanol–water partition coefficient (Wildman–Crippen LogP) is 2.25. The molecule has 0 N–H and O–H groups in total. The predicted molar refractivity (Wildman–Crippen MR) is 62.1 cm³/mol. The van der Waals surface area contributed by atoms with Gasteiger partial charge in [-0.3, -0.25) is 20.1 Å². The van der Waals surface area contributed by atoms with E-state index >= 15 is 0 Å². The molecule has 0 aromatic carbocycles. The van der Waals surface area contributed by atoms with E-state index in [9.17, 15) is 10.1 Å². The number of rotatable bonds is 1. The van der Waals surface area contributed by atoms with Crippen LogP contribution in [0.3, 0.4) is 0 Å². The number of allylic oxidation sites excluding steroid dienone is 4. The molecule has 2 aliphatic rings. The van der Waals surface area contributed by atoms with E-state index in [1.54, 1.807) is 13.1 Å². The summed E-state index contributed by atoms with van der Waals surface area (Å²) in [7, 11) is 0. The first-order valence-corrected chi connectivity index (χ1v) is 4.98. The maximum absolute atomic E-state index is 10.8. The number of hydrogen-bond acceptors (Lipinski definition) is 4. The van der Waals surface area contributed by atoms with Gasteiger partial charge in [0.25, 0.3) is 5.70 Å². The molecule has 2 rings (SSSR count). The minimum atomic E-state index is -0.398. The van der Waals surface area contributed by atoms with Gasteiger partial charge in [0.1, 0.15) is 6.21 Å². The van der Waals surface area contributed by atoms with E-state index in [4.69, 9.17) is 0 Å². The monoisotopic (exact) mass is 217 g/mol. The molecular weight excluding hydrogens is 206 g/mol. The summed E-state index contributed by atoms with van der Waals surface area (Å²) in [5, 5.41) is 10.8. The summed E-state index contributed by atoms with van der Waals surface area (Å²) in [5.74, 6) is 0. The molecule has 0 aromatic heterocycles. The number of aliphatic imine (C=N–C) groups is 2. The molecule has 5 nitrogen and oxygen atoms in total. The topological polar surface area (TPSA) is 67.9 Å².